The van der Waals surface area contributed by atoms with E-state index in [0.29, 0.717) is 13.2 Å². The van der Waals surface area contributed by atoms with Gasteiger partial charge < -0.3 is 19.3 Å². The summed E-state index contributed by atoms with van der Waals surface area (Å²) >= 11 is 0. The smallest absolute Gasteiger partial charge is 0.119 e. The van der Waals surface area contributed by atoms with Gasteiger partial charge in [-0.05, 0) is 108 Å². The average Bonchev–Trinajstić information content (AvgIpc) is 3.17. The molecule has 0 unspecified atom stereocenters. The molecule has 7 aromatic rings. The number of nitrogens with zero attached hydrogens (tertiary/aromatic N) is 2. The van der Waals surface area contributed by atoms with Crippen molar-refractivity contribution < 1.29 is 9.47 Å². The SMILES string of the molecule is c1ccc(N(c2ccccc2)c2ccc(OCc3ccc(COc4ccc(N(c5ccccc5)c5ccccc5)cc4)cc3)cc2)cc1. The van der Waals surface area contributed by atoms with Crippen molar-refractivity contribution in [2.75, 3.05) is 9.80 Å². The monoisotopic (exact) mass is 624 g/mol. The molecular weight excluding hydrogens is 588 g/mol. The molecule has 4 heteroatoms. The Kier molecular flexibility index (Phi) is 9.43. The molecule has 48 heavy (non-hydrogen) atoms. The molecule has 0 aromatic heterocycles. The largest absolute Gasteiger partial charge is 0.489 e. The molecule has 0 aliphatic heterocycles. The van der Waals surface area contributed by atoms with Gasteiger partial charge in [-0.25, -0.2) is 0 Å². The Labute approximate surface area is 282 Å². The van der Waals surface area contributed by atoms with Crippen molar-refractivity contribution in [1.82, 2.24) is 0 Å². The third-order valence-corrected chi connectivity index (χ3v) is 8.08. The van der Waals surface area contributed by atoms with Gasteiger partial charge in [-0.1, -0.05) is 97.1 Å². The predicted molar refractivity (Wildman–Crippen MR) is 197 cm³/mol. The summed E-state index contributed by atoms with van der Waals surface area (Å²) in [5.41, 5.74) is 8.78. The van der Waals surface area contributed by atoms with Crippen LogP contribution in [-0.4, -0.2) is 0 Å². The van der Waals surface area contributed by atoms with Crippen LogP contribution in [-0.2, 0) is 13.2 Å². The van der Waals surface area contributed by atoms with Gasteiger partial charge in [0.1, 0.15) is 24.7 Å². The molecule has 234 valence electrons. The summed E-state index contributed by atoms with van der Waals surface area (Å²) in [6.45, 7) is 0.977. The predicted octanol–water partition coefficient (Wildman–Crippen LogP) is 11.8. The van der Waals surface area contributed by atoms with E-state index in [-0.39, 0.29) is 0 Å². The molecule has 0 spiro atoms. The zero-order valence-electron chi connectivity index (χ0n) is 26.6. The maximum absolute atomic E-state index is 6.15. The van der Waals surface area contributed by atoms with Gasteiger partial charge in [-0.15, -0.1) is 0 Å². The fourth-order valence-electron chi connectivity index (χ4n) is 5.65. The van der Waals surface area contributed by atoms with Gasteiger partial charge >= 0.3 is 0 Å². The maximum atomic E-state index is 6.15. The lowest BCUT2D eigenvalue weighted by Gasteiger charge is -2.25. The van der Waals surface area contributed by atoms with E-state index in [4.69, 9.17) is 9.47 Å². The summed E-state index contributed by atoms with van der Waals surface area (Å²) in [4.78, 5) is 4.48. The Morgan fingerprint density at radius 2 is 0.521 bits per heavy atom. The Hall–Kier alpha value is -6.26. The third-order valence-electron chi connectivity index (χ3n) is 8.08. The van der Waals surface area contributed by atoms with Crippen molar-refractivity contribution in [3.05, 3.63) is 205 Å². The van der Waals surface area contributed by atoms with E-state index in [1.54, 1.807) is 0 Å². The molecule has 7 aromatic carbocycles. The first-order valence-electron chi connectivity index (χ1n) is 16.1. The van der Waals surface area contributed by atoms with Crippen molar-refractivity contribution in [3.63, 3.8) is 0 Å². The van der Waals surface area contributed by atoms with Gasteiger partial charge in [0.25, 0.3) is 0 Å². The highest BCUT2D eigenvalue weighted by Crippen LogP contribution is 2.36. The van der Waals surface area contributed by atoms with Crippen LogP contribution >= 0.6 is 0 Å². The summed E-state index contributed by atoms with van der Waals surface area (Å²) in [6.07, 6.45) is 0. The minimum atomic E-state index is 0.488. The highest BCUT2D eigenvalue weighted by Gasteiger charge is 2.13. The highest BCUT2D eigenvalue weighted by molar-refractivity contribution is 5.77. The Morgan fingerprint density at radius 1 is 0.271 bits per heavy atom. The van der Waals surface area contributed by atoms with Gasteiger partial charge in [-0.3, -0.25) is 0 Å². The molecule has 7 rings (SSSR count). The molecule has 0 amide bonds. The second-order valence-electron chi connectivity index (χ2n) is 11.4. The molecule has 0 heterocycles. The summed E-state index contributed by atoms with van der Waals surface area (Å²) in [5.74, 6) is 1.66. The molecule has 4 nitrogen and oxygen atoms in total. The highest BCUT2D eigenvalue weighted by atomic mass is 16.5. The molecule has 0 fully saturated rings. The van der Waals surface area contributed by atoms with Gasteiger partial charge in [-0.2, -0.15) is 0 Å². The van der Waals surface area contributed by atoms with Crippen molar-refractivity contribution in [3.8, 4) is 11.5 Å². The molecule has 0 N–H and O–H groups in total. The molecule has 0 aliphatic rings. The molecule has 0 saturated carbocycles. The molecule has 0 radical (unpaired) electrons. The van der Waals surface area contributed by atoms with E-state index in [0.717, 1.165) is 56.8 Å². The zero-order chi connectivity index (χ0) is 32.4. The third kappa shape index (κ3) is 7.41. The molecular formula is C44H36N2O2. The number of ether oxygens (including phenoxy) is 2. The van der Waals surface area contributed by atoms with Crippen LogP contribution in [0.4, 0.5) is 34.1 Å². The normalized spacial score (nSPS) is 10.7. The summed E-state index contributed by atoms with van der Waals surface area (Å²) in [5, 5.41) is 0. The van der Waals surface area contributed by atoms with Crippen molar-refractivity contribution in [2.45, 2.75) is 13.2 Å². The lowest BCUT2D eigenvalue weighted by Crippen LogP contribution is -2.09. The molecule has 0 aliphatic carbocycles. The van der Waals surface area contributed by atoms with Crippen LogP contribution in [0.5, 0.6) is 11.5 Å². The number of anilines is 6. The quantitative estimate of drug-likeness (QED) is 0.135. The van der Waals surface area contributed by atoms with Crippen LogP contribution in [0.15, 0.2) is 194 Å². The van der Waals surface area contributed by atoms with Crippen LogP contribution < -0.4 is 19.3 Å². The van der Waals surface area contributed by atoms with E-state index in [1.807, 2.05) is 48.5 Å². The van der Waals surface area contributed by atoms with Crippen molar-refractivity contribution in [2.24, 2.45) is 0 Å². The van der Waals surface area contributed by atoms with E-state index in [2.05, 4.69) is 155 Å². The van der Waals surface area contributed by atoms with Crippen LogP contribution in [0.2, 0.25) is 0 Å². The zero-order valence-corrected chi connectivity index (χ0v) is 26.6. The van der Waals surface area contributed by atoms with Crippen molar-refractivity contribution >= 4 is 34.1 Å². The summed E-state index contributed by atoms with van der Waals surface area (Å²) < 4.78 is 12.3. The van der Waals surface area contributed by atoms with Crippen LogP contribution in [0.1, 0.15) is 11.1 Å². The van der Waals surface area contributed by atoms with Crippen LogP contribution in [0.25, 0.3) is 0 Å². The Morgan fingerprint density at radius 3 is 0.792 bits per heavy atom. The van der Waals surface area contributed by atoms with Gasteiger partial charge in [0.05, 0.1) is 0 Å². The summed E-state index contributed by atoms with van der Waals surface area (Å²) in [6, 6.07) is 66.5. The molecule has 0 saturated heterocycles. The minimum absolute atomic E-state index is 0.488. The Balaban J connectivity index is 0.950. The standard InChI is InChI=1S/C44H36N2O2/c1-5-13-37(14-6-1)45(38-15-7-2-8-16-38)41-25-29-43(30-26-41)47-33-35-21-23-36(24-22-35)34-48-44-31-27-42(28-32-44)46(39-17-9-3-10-18-39)40-19-11-4-12-20-40/h1-32H,33-34H2. The lowest BCUT2D eigenvalue weighted by atomic mass is 10.1. The average molecular weight is 625 g/mol. The second-order valence-corrected chi connectivity index (χ2v) is 11.4. The van der Waals surface area contributed by atoms with Crippen LogP contribution in [0, 0.1) is 0 Å². The maximum Gasteiger partial charge on any atom is 0.119 e. The van der Waals surface area contributed by atoms with Gasteiger partial charge in [0.2, 0.25) is 0 Å². The number of para-hydroxylation sites is 4. The lowest BCUT2D eigenvalue weighted by molar-refractivity contribution is 0.302. The van der Waals surface area contributed by atoms with Crippen molar-refractivity contribution in [1.29, 1.82) is 0 Å². The van der Waals surface area contributed by atoms with Gasteiger partial charge in [0, 0.05) is 34.1 Å². The fourth-order valence-corrected chi connectivity index (χ4v) is 5.65. The van der Waals surface area contributed by atoms with E-state index in [1.165, 1.54) is 0 Å². The van der Waals surface area contributed by atoms with E-state index < -0.39 is 0 Å². The summed E-state index contributed by atoms with van der Waals surface area (Å²) in [7, 11) is 0. The topological polar surface area (TPSA) is 24.9 Å². The first-order valence-corrected chi connectivity index (χ1v) is 16.1. The second kappa shape index (κ2) is 14.9. The fraction of sp³-hybridized carbons (Fsp3) is 0.0455. The number of benzene rings is 7. The number of hydrogen-bond acceptors (Lipinski definition) is 4. The molecule has 0 atom stereocenters. The number of rotatable bonds is 12. The minimum Gasteiger partial charge on any atom is -0.489 e. The van der Waals surface area contributed by atoms with Gasteiger partial charge in [0.15, 0.2) is 0 Å². The van der Waals surface area contributed by atoms with Crippen LogP contribution in [0.3, 0.4) is 0 Å². The molecule has 0 bridgehead atoms. The Bertz CT molecular complexity index is 1750. The van der Waals surface area contributed by atoms with E-state index >= 15 is 0 Å². The number of hydrogen-bond donors (Lipinski definition) is 0. The first kappa shape index (κ1) is 30.4. The first-order chi connectivity index (χ1) is 23.8. The van der Waals surface area contributed by atoms with E-state index in [9.17, 15) is 0 Å².